The van der Waals surface area contributed by atoms with Crippen LogP contribution in [0.1, 0.15) is 38.5 Å². The maximum Gasteiger partial charge on any atom is 0.321 e. The number of likely N-dealkylation sites (N-methyl/N-ethyl adjacent to an activating group) is 1. The predicted octanol–water partition coefficient (Wildman–Crippen LogP) is 5.10. The lowest BCUT2D eigenvalue weighted by Gasteiger charge is -2.32. The van der Waals surface area contributed by atoms with Gasteiger partial charge in [-0.25, -0.2) is 4.79 Å². The summed E-state index contributed by atoms with van der Waals surface area (Å²) in [6.45, 7) is 8.22. The number of hydrogen-bond donors (Lipinski definition) is 1. The average Bonchev–Trinajstić information content (AvgIpc) is 2.74. The smallest absolute Gasteiger partial charge is 0.321 e. The number of piperidine rings is 1. The molecule has 0 bridgehead atoms. The fourth-order valence-corrected chi connectivity index (χ4v) is 3.91. The summed E-state index contributed by atoms with van der Waals surface area (Å²) >= 11 is 1.70. The molecule has 1 N–H and O–H groups in total. The van der Waals surface area contributed by atoms with Crippen molar-refractivity contribution in [2.24, 2.45) is 0 Å². The molecule has 1 aliphatic rings. The van der Waals surface area contributed by atoms with Crippen molar-refractivity contribution in [3.63, 3.8) is 0 Å². The summed E-state index contributed by atoms with van der Waals surface area (Å²) in [5, 5.41) is 2.99. The summed E-state index contributed by atoms with van der Waals surface area (Å²) < 4.78 is 6.04. The summed E-state index contributed by atoms with van der Waals surface area (Å²) in [4.78, 5) is 17.8. The van der Waals surface area contributed by atoms with E-state index in [-0.39, 0.29) is 6.03 Å². The van der Waals surface area contributed by atoms with Crippen molar-refractivity contribution in [1.82, 2.24) is 9.80 Å². The predicted molar refractivity (Wildman–Crippen MR) is 124 cm³/mol. The van der Waals surface area contributed by atoms with Crippen LogP contribution in [0.4, 0.5) is 10.5 Å². The van der Waals surface area contributed by atoms with Crippen LogP contribution >= 0.6 is 11.8 Å². The van der Waals surface area contributed by atoms with Crippen LogP contribution in [0, 0.1) is 0 Å². The molecule has 1 saturated heterocycles. The molecule has 1 aromatic rings. The summed E-state index contributed by atoms with van der Waals surface area (Å²) in [5.74, 6) is 0. The molecule has 1 fully saturated rings. The molecule has 0 unspecified atom stereocenters. The second-order valence-electron chi connectivity index (χ2n) is 7.68. The van der Waals surface area contributed by atoms with Crippen LogP contribution < -0.4 is 5.32 Å². The molecule has 5 nitrogen and oxygen atoms in total. The van der Waals surface area contributed by atoms with Crippen LogP contribution in [-0.4, -0.2) is 68.0 Å². The lowest BCUT2D eigenvalue weighted by molar-refractivity contribution is 0.0140. The highest BCUT2D eigenvalue weighted by molar-refractivity contribution is 7.98. The molecule has 1 aromatic carbocycles. The summed E-state index contributed by atoms with van der Waals surface area (Å²) in [7, 11) is 2.14. The number of unbranched alkanes of at least 4 members (excludes halogenated alkanes) is 3. The molecule has 2 rings (SSSR count). The Balaban J connectivity index is 1.53. The molecule has 0 atom stereocenters. The molecule has 6 heteroatoms. The van der Waals surface area contributed by atoms with E-state index in [2.05, 4.69) is 23.8 Å². The van der Waals surface area contributed by atoms with Crippen molar-refractivity contribution in [3.8, 4) is 0 Å². The van der Waals surface area contributed by atoms with Gasteiger partial charge in [0, 0.05) is 36.8 Å². The monoisotopic (exact) mass is 419 g/mol. The van der Waals surface area contributed by atoms with Crippen molar-refractivity contribution in [1.29, 1.82) is 0 Å². The molecule has 0 aliphatic carbocycles. The Morgan fingerprint density at radius 3 is 2.59 bits per heavy atom. The highest BCUT2D eigenvalue weighted by Gasteiger charge is 2.23. The molecule has 1 aliphatic heterocycles. The number of thioether (sulfide) groups is 1. The first-order chi connectivity index (χ1) is 14.1. The van der Waals surface area contributed by atoms with Crippen molar-refractivity contribution >= 4 is 23.5 Å². The van der Waals surface area contributed by atoms with Gasteiger partial charge in [0.1, 0.15) is 0 Å². The Hall–Kier alpha value is -1.50. The summed E-state index contributed by atoms with van der Waals surface area (Å²) in [6.07, 6.45) is 11.0. The molecule has 162 valence electrons. The van der Waals surface area contributed by atoms with Gasteiger partial charge in [0.15, 0.2) is 0 Å². The third kappa shape index (κ3) is 9.24. The summed E-state index contributed by atoms with van der Waals surface area (Å²) in [5.41, 5.74) is 0.849. The first-order valence-electron chi connectivity index (χ1n) is 10.7. The van der Waals surface area contributed by atoms with E-state index in [0.717, 1.165) is 57.7 Å². The number of rotatable bonds is 12. The van der Waals surface area contributed by atoms with E-state index in [9.17, 15) is 4.79 Å². The summed E-state index contributed by atoms with van der Waals surface area (Å²) in [6, 6.07) is 7.95. The van der Waals surface area contributed by atoms with E-state index < -0.39 is 0 Å². The maximum absolute atomic E-state index is 12.4. The quantitative estimate of drug-likeness (QED) is 0.291. The van der Waals surface area contributed by atoms with E-state index in [1.165, 1.54) is 24.2 Å². The molecule has 1 heterocycles. The molecular weight excluding hydrogens is 382 g/mol. The molecular formula is C23H37N3O2S. The van der Waals surface area contributed by atoms with Crippen LogP contribution in [0.15, 0.2) is 41.8 Å². The Kier molecular flexibility index (Phi) is 11.2. The zero-order valence-corrected chi connectivity index (χ0v) is 18.9. The number of nitrogens with one attached hydrogen (secondary N) is 1. The molecule has 0 radical (unpaired) electrons. The van der Waals surface area contributed by atoms with Crippen LogP contribution in [0.2, 0.25) is 0 Å². The van der Waals surface area contributed by atoms with Crippen LogP contribution in [-0.2, 0) is 4.74 Å². The number of carbonyl (C=O) groups is 1. The fourth-order valence-electron chi connectivity index (χ4n) is 3.50. The highest BCUT2D eigenvalue weighted by Crippen LogP contribution is 2.19. The van der Waals surface area contributed by atoms with Gasteiger partial charge in [-0.2, -0.15) is 0 Å². The van der Waals surface area contributed by atoms with Crippen LogP contribution in [0.3, 0.4) is 0 Å². The van der Waals surface area contributed by atoms with Gasteiger partial charge in [-0.3, -0.25) is 0 Å². The third-order valence-electron chi connectivity index (χ3n) is 5.30. The van der Waals surface area contributed by atoms with Gasteiger partial charge >= 0.3 is 6.03 Å². The van der Waals surface area contributed by atoms with E-state index in [1.54, 1.807) is 11.8 Å². The molecule has 29 heavy (non-hydrogen) atoms. The van der Waals surface area contributed by atoms with Crippen molar-refractivity contribution in [2.75, 3.05) is 51.4 Å². The number of hydrogen-bond acceptors (Lipinski definition) is 4. The number of amides is 2. The standard InChI is InChI=1S/C23H37N3O2S/c1-4-15-25(2)16-7-5-6-8-19-28-21-13-17-26(18-14-21)23(27)24-20-9-11-22(29-3)12-10-20/h4,9-12,21H,1,5-8,13-19H2,2-3H3,(H,24,27). The maximum atomic E-state index is 12.4. The van der Waals surface area contributed by atoms with Crippen LogP contribution in [0.25, 0.3) is 0 Å². The molecule has 0 spiro atoms. The molecule has 0 aromatic heterocycles. The van der Waals surface area contributed by atoms with Gasteiger partial charge in [-0.15, -0.1) is 18.3 Å². The van der Waals surface area contributed by atoms with Crippen molar-refractivity contribution < 1.29 is 9.53 Å². The fraction of sp³-hybridized carbons (Fsp3) is 0.609. The van der Waals surface area contributed by atoms with Gasteiger partial charge < -0.3 is 19.9 Å². The Bertz CT molecular complexity index is 601. The molecule has 0 saturated carbocycles. The Morgan fingerprint density at radius 2 is 1.93 bits per heavy atom. The number of carbonyl (C=O) groups excluding carboxylic acids is 1. The highest BCUT2D eigenvalue weighted by atomic mass is 32.2. The number of urea groups is 1. The van der Waals surface area contributed by atoms with E-state index >= 15 is 0 Å². The minimum absolute atomic E-state index is 0.0122. The van der Waals surface area contributed by atoms with Gasteiger partial charge in [0.05, 0.1) is 6.10 Å². The largest absolute Gasteiger partial charge is 0.378 e. The topological polar surface area (TPSA) is 44.8 Å². The second-order valence-corrected chi connectivity index (χ2v) is 8.56. The first kappa shape index (κ1) is 23.8. The third-order valence-corrected chi connectivity index (χ3v) is 6.04. The zero-order valence-electron chi connectivity index (χ0n) is 18.1. The number of likely N-dealkylation sites (tertiary alicyclic amines) is 1. The zero-order chi connectivity index (χ0) is 20.9. The van der Waals surface area contributed by atoms with Gasteiger partial charge in [0.2, 0.25) is 0 Å². The number of anilines is 1. The average molecular weight is 420 g/mol. The SMILES string of the molecule is C=CCN(C)CCCCCCOC1CCN(C(=O)Nc2ccc(SC)cc2)CC1. The van der Waals surface area contributed by atoms with E-state index in [4.69, 9.17) is 4.74 Å². The van der Waals surface area contributed by atoms with Gasteiger partial charge in [0.25, 0.3) is 0 Å². The lowest BCUT2D eigenvalue weighted by atomic mass is 10.1. The number of nitrogens with zero attached hydrogens (tertiary/aromatic N) is 2. The van der Waals surface area contributed by atoms with Gasteiger partial charge in [-0.1, -0.05) is 18.9 Å². The normalized spacial score (nSPS) is 14.9. The van der Waals surface area contributed by atoms with E-state index in [0.29, 0.717) is 6.10 Å². The number of benzene rings is 1. The second kappa shape index (κ2) is 13.7. The first-order valence-corrected chi connectivity index (χ1v) is 12.0. The van der Waals surface area contributed by atoms with Crippen LogP contribution in [0.5, 0.6) is 0 Å². The van der Waals surface area contributed by atoms with Crippen molar-refractivity contribution in [2.45, 2.75) is 49.5 Å². The minimum Gasteiger partial charge on any atom is -0.378 e. The Morgan fingerprint density at radius 1 is 1.24 bits per heavy atom. The van der Waals surface area contributed by atoms with E-state index in [1.807, 2.05) is 41.5 Å². The minimum atomic E-state index is -0.0122. The van der Waals surface area contributed by atoms with Gasteiger partial charge in [-0.05, 0) is 69.8 Å². The molecule has 2 amide bonds. The lowest BCUT2D eigenvalue weighted by Crippen LogP contribution is -2.43. The Labute approximate surface area is 180 Å². The van der Waals surface area contributed by atoms with Crippen molar-refractivity contribution in [3.05, 3.63) is 36.9 Å². The number of ether oxygens (including phenoxy) is 1.